The van der Waals surface area contributed by atoms with Crippen molar-refractivity contribution in [3.63, 3.8) is 0 Å². The van der Waals surface area contributed by atoms with Crippen LogP contribution in [0, 0.1) is 6.92 Å². The third kappa shape index (κ3) is 3.69. The van der Waals surface area contributed by atoms with E-state index < -0.39 is 0 Å². The highest BCUT2D eigenvalue weighted by Crippen LogP contribution is 2.22. The first-order chi connectivity index (χ1) is 10.2. The van der Waals surface area contributed by atoms with E-state index in [0.29, 0.717) is 29.9 Å². The summed E-state index contributed by atoms with van der Waals surface area (Å²) >= 11 is 0. The second-order valence-electron chi connectivity index (χ2n) is 5.29. The van der Waals surface area contributed by atoms with Crippen LogP contribution in [0.15, 0.2) is 6.20 Å². The standard InChI is InChI=1S/C15H24N4O2/c1-4-21-14(20)13-10-17-15(18-11(13)2)19-8-6-5-7-12(19)9-16-3/h10,12,16H,4-9H2,1-3H3. The molecule has 1 aliphatic rings. The summed E-state index contributed by atoms with van der Waals surface area (Å²) in [5, 5.41) is 3.23. The average Bonchev–Trinajstić information content (AvgIpc) is 2.48. The van der Waals surface area contributed by atoms with E-state index in [1.807, 2.05) is 14.0 Å². The van der Waals surface area contributed by atoms with Crippen molar-refractivity contribution in [2.24, 2.45) is 0 Å². The fourth-order valence-electron chi connectivity index (χ4n) is 2.71. The number of rotatable bonds is 5. The van der Waals surface area contributed by atoms with E-state index in [-0.39, 0.29) is 5.97 Å². The van der Waals surface area contributed by atoms with E-state index in [1.54, 1.807) is 13.1 Å². The molecule has 0 spiro atoms. The first-order valence-electron chi connectivity index (χ1n) is 7.59. The lowest BCUT2D eigenvalue weighted by atomic mass is 10.0. The van der Waals surface area contributed by atoms with Crippen molar-refractivity contribution in [3.05, 3.63) is 17.5 Å². The van der Waals surface area contributed by atoms with Crippen LogP contribution in [0.25, 0.3) is 0 Å². The first-order valence-corrected chi connectivity index (χ1v) is 7.59. The Morgan fingerprint density at radius 2 is 2.33 bits per heavy atom. The zero-order chi connectivity index (χ0) is 15.2. The highest BCUT2D eigenvalue weighted by atomic mass is 16.5. The predicted molar refractivity (Wildman–Crippen MR) is 81.6 cm³/mol. The van der Waals surface area contributed by atoms with Crippen molar-refractivity contribution in [1.82, 2.24) is 15.3 Å². The molecule has 0 bridgehead atoms. The monoisotopic (exact) mass is 292 g/mol. The summed E-state index contributed by atoms with van der Waals surface area (Å²) in [5.41, 5.74) is 1.12. The summed E-state index contributed by atoms with van der Waals surface area (Å²) in [7, 11) is 1.96. The summed E-state index contributed by atoms with van der Waals surface area (Å²) < 4.78 is 5.01. The molecule has 1 atom stereocenters. The highest BCUT2D eigenvalue weighted by molar-refractivity contribution is 5.90. The lowest BCUT2D eigenvalue weighted by Gasteiger charge is -2.35. The Morgan fingerprint density at radius 3 is 3.00 bits per heavy atom. The Balaban J connectivity index is 2.19. The van der Waals surface area contributed by atoms with Crippen molar-refractivity contribution in [2.45, 2.75) is 39.2 Å². The van der Waals surface area contributed by atoms with Crippen molar-refractivity contribution >= 4 is 11.9 Å². The number of hydrogen-bond acceptors (Lipinski definition) is 6. The summed E-state index contributed by atoms with van der Waals surface area (Å²) in [6.45, 7) is 5.86. The summed E-state index contributed by atoms with van der Waals surface area (Å²) in [4.78, 5) is 22.9. The number of nitrogens with zero attached hydrogens (tertiary/aromatic N) is 3. The molecule has 1 unspecified atom stereocenters. The third-order valence-electron chi connectivity index (χ3n) is 3.79. The summed E-state index contributed by atoms with van der Waals surface area (Å²) in [5.74, 6) is 0.354. The number of ether oxygens (including phenoxy) is 1. The van der Waals surface area contributed by atoms with Crippen LogP contribution in [0.2, 0.25) is 0 Å². The van der Waals surface area contributed by atoms with Gasteiger partial charge in [0.2, 0.25) is 5.95 Å². The maximum atomic E-state index is 11.8. The van der Waals surface area contributed by atoms with E-state index >= 15 is 0 Å². The number of aryl methyl sites for hydroxylation is 1. The highest BCUT2D eigenvalue weighted by Gasteiger charge is 2.25. The van der Waals surface area contributed by atoms with Gasteiger partial charge in [0.25, 0.3) is 0 Å². The molecule has 0 amide bonds. The Bertz CT molecular complexity index is 491. The smallest absolute Gasteiger partial charge is 0.341 e. The number of aromatic nitrogens is 2. The van der Waals surface area contributed by atoms with Gasteiger partial charge in [0, 0.05) is 25.3 Å². The van der Waals surface area contributed by atoms with Gasteiger partial charge in [-0.1, -0.05) is 0 Å². The lowest BCUT2D eigenvalue weighted by Crippen LogP contribution is -2.45. The van der Waals surface area contributed by atoms with Gasteiger partial charge in [-0.25, -0.2) is 14.8 Å². The second-order valence-corrected chi connectivity index (χ2v) is 5.29. The molecule has 1 aromatic rings. The number of carbonyl (C=O) groups is 1. The molecule has 0 aromatic carbocycles. The van der Waals surface area contributed by atoms with Crippen LogP contribution in [-0.2, 0) is 4.74 Å². The first kappa shape index (κ1) is 15.7. The van der Waals surface area contributed by atoms with Crippen LogP contribution in [0.4, 0.5) is 5.95 Å². The molecule has 1 aliphatic heterocycles. The minimum Gasteiger partial charge on any atom is -0.462 e. The molecule has 116 valence electrons. The minimum absolute atomic E-state index is 0.355. The van der Waals surface area contributed by atoms with Crippen LogP contribution >= 0.6 is 0 Å². The molecule has 2 heterocycles. The Morgan fingerprint density at radius 1 is 1.52 bits per heavy atom. The van der Waals surface area contributed by atoms with E-state index in [1.165, 1.54) is 6.42 Å². The second kappa shape index (κ2) is 7.36. The number of carbonyl (C=O) groups excluding carboxylic acids is 1. The van der Waals surface area contributed by atoms with Gasteiger partial charge in [-0.3, -0.25) is 0 Å². The number of likely N-dealkylation sites (N-methyl/N-ethyl adjacent to an activating group) is 1. The Hall–Kier alpha value is -1.69. The molecular formula is C15H24N4O2. The quantitative estimate of drug-likeness (QED) is 0.830. The van der Waals surface area contributed by atoms with Crippen LogP contribution in [-0.4, -0.2) is 48.7 Å². The van der Waals surface area contributed by atoms with E-state index in [0.717, 1.165) is 25.9 Å². The molecule has 6 heteroatoms. The predicted octanol–water partition coefficient (Wildman–Crippen LogP) is 1.54. The third-order valence-corrected chi connectivity index (χ3v) is 3.79. The SMILES string of the molecule is CCOC(=O)c1cnc(N2CCCCC2CNC)nc1C. The number of anilines is 1. The van der Waals surface area contributed by atoms with Gasteiger partial charge in [0.05, 0.1) is 17.9 Å². The van der Waals surface area contributed by atoms with Crippen LogP contribution in [0.5, 0.6) is 0 Å². The number of nitrogens with one attached hydrogen (secondary N) is 1. The van der Waals surface area contributed by atoms with Gasteiger partial charge in [-0.05, 0) is 40.2 Å². The van der Waals surface area contributed by atoms with Gasteiger partial charge >= 0.3 is 5.97 Å². The van der Waals surface area contributed by atoms with Crippen LogP contribution in [0.1, 0.15) is 42.2 Å². The maximum Gasteiger partial charge on any atom is 0.341 e. The number of esters is 1. The molecule has 0 radical (unpaired) electrons. The Labute approximate surface area is 125 Å². The van der Waals surface area contributed by atoms with Crippen LogP contribution < -0.4 is 10.2 Å². The van der Waals surface area contributed by atoms with E-state index in [4.69, 9.17) is 4.74 Å². The van der Waals surface area contributed by atoms with Crippen molar-refractivity contribution in [2.75, 3.05) is 31.6 Å². The molecular weight excluding hydrogens is 268 g/mol. The van der Waals surface area contributed by atoms with Gasteiger partial charge in [-0.2, -0.15) is 0 Å². The number of piperidine rings is 1. The van der Waals surface area contributed by atoms with Gasteiger partial charge in [0.15, 0.2) is 0 Å². The topological polar surface area (TPSA) is 67.3 Å². The normalized spacial score (nSPS) is 18.6. The average molecular weight is 292 g/mol. The molecule has 6 nitrogen and oxygen atoms in total. The van der Waals surface area contributed by atoms with Crippen LogP contribution in [0.3, 0.4) is 0 Å². The van der Waals surface area contributed by atoms with Crippen molar-refractivity contribution in [3.8, 4) is 0 Å². The van der Waals surface area contributed by atoms with E-state index in [9.17, 15) is 4.79 Å². The lowest BCUT2D eigenvalue weighted by molar-refractivity contribution is 0.0524. The molecule has 1 saturated heterocycles. The molecule has 2 rings (SSSR count). The maximum absolute atomic E-state index is 11.8. The molecule has 0 saturated carbocycles. The molecule has 0 aliphatic carbocycles. The zero-order valence-electron chi connectivity index (χ0n) is 13.1. The van der Waals surface area contributed by atoms with E-state index in [2.05, 4.69) is 20.2 Å². The molecule has 21 heavy (non-hydrogen) atoms. The summed E-state index contributed by atoms with van der Waals surface area (Å²) in [6.07, 6.45) is 5.12. The van der Waals surface area contributed by atoms with Gasteiger partial charge in [0.1, 0.15) is 0 Å². The molecule has 1 N–H and O–H groups in total. The van der Waals surface area contributed by atoms with Gasteiger partial charge in [-0.15, -0.1) is 0 Å². The largest absolute Gasteiger partial charge is 0.462 e. The zero-order valence-corrected chi connectivity index (χ0v) is 13.1. The van der Waals surface area contributed by atoms with Crippen molar-refractivity contribution in [1.29, 1.82) is 0 Å². The molecule has 1 fully saturated rings. The minimum atomic E-state index is -0.355. The molecule has 1 aromatic heterocycles. The van der Waals surface area contributed by atoms with Crippen molar-refractivity contribution < 1.29 is 9.53 Å². The fourth-order valence-corrected chi connectivity index (χ4v) is 2.71. The van der Waals surface area contributed by atoms with Gasteiger partial charge < -0.3 is 15.0 Å². The number of hydrogen-bond donors (Lipinski definition) is 1. The summed E-state index contributed by atoms with van der Waals surface area (Å²) in [6, 6.07) is 0.414. The Kier molecular flexibility index (Phi) is 5.50. The fraction of sp³-hybridized carbons (Fsp3) is 0.667.